The molecule has 0 unspecified atom stereocenters. The van der Waals surface area contributed by atoms with E-state index >= 15 is 0 Å². The van der Waals surface area contributed by atoms with Crippen LogP contribution in [0.1, 0.15) is 24.5 Å². The van der Waals surface area contributed by atoms with E-state index in [4.69, 9.17) is 10.5 Å². The Morgan fingerprint density at radius 3 is 2.65 bits per heavy atom. The molecule has 0 bridgehead atoms. The molecular weight excluding hydrogens is 286 g/mol. The maximum absolute atomic E-state index is 5.84. The molecule has 0 saturated carbocycles. The molecular formula is C19H25N3O. The van der Waals surface area contributed by atoms with Crippen molar-refractivity contribution in [3.8, 4) is 5.75 Å². The van der Waals surface area contributed by atoms with Crippen molar-refractivity contribution >= 4 is 5.96 Å². The van der Waals surface area contributed by atoms with Crippen LogP contribution in [0.5, 0.6) is 5.75 Å². The molecule has 2 aromatic rings. The lowest BCUT2D eigenvalue weighted by molar-refractivity contribution is 0.306. The molecule has 122 valence electrons. The van der Waals surface area contributed by atoms with Gasteiger partial charge in [-0.15, -0.1) is 0 Å². The van der Waals surface area contributed by atoms with Crippen LogP contribution in [-0.4, -0.2) is 19.0 Å². The van der Waals surface area contributed by atoms with E-state index in [-0.39, 0.29) is 0 Å². The van der Waals surface area contributed by atoms with Crippen molar-refractivity contribution in [3.05, 3.63) is 65.7 Å². The summed E-state index contributed by atoms with van der Waals surface area (Å²) in [4.78, 5) is 4.21. The molecule has 0 heterocycles. The fourth-order valence-electron chi connectivity index (χ4n) is 2.15. The van der Waals surface area contributed by atoms with E-state index in [1.807, 2.05) is 30.3 Å². The summed E-state index contributed by atoms with van der Waals surface area (Å²) in [5.74, 6) is 1.40. The first-order chi connectivity index (χ1) is 11.3. The summed E-state index contributed by atoms with van der Waals surface area (Å²) in [5, 5.41) is 3.13. The summed E-state index contributed by atoms with van der Waals surface area (Å²) in [6, 6.07) is 18.3. The van der Waals surface area contributed by atoms with Gasteiger partial charge >= 0.3 is 0 Å². The molecule has 3 N–H and O–H groups in total. The van der Waals surface area contributed by atoms with Crippen LogP contribution in [0.4, 0.5) is 0 Å². The van der Waals surface area contributed by atoms with Gasteiger partial charge < -0.3 is 15.8 Å². The second-order valence-electron chi connectivity index (χ2n) is 5.37. The maximum atomic E-state index is 5.84. The first kappa shape index (κ1) is 16.9. The van der Waals surface area contributed by atoms with Crippen LogP contribution >= 0.6 is 0 Å². The zero-order valence-corrected chi connectivity index (χ0v) is 13.7. The Kier molecular flexibility index (Phi) is 6.98. The van der Waals surface area contributed by atoms with E-state index in [0.29, 0.717) is 12.6 Å². The van der Waals surface area contributed by atoms with E-state index in [9.17, 15) is 0 Å². The van der Waals surface area contributed by atoms with Crippen molar-refractivity contribution in [1.29, 1.82) is 0 Å². The number of aliphatic imine (C=N–C) groups is 1. The lowest BCUT2D eigenvalue weighted by atomic mass is 10.1. The summed E-state index contributed by atoms with van der Waals surface area (Å²) >= 11 is 0. The summed E-state index contributed by atoms with van der Waals surface area (Å²) in [6.07, 6.45) is 1.88. The minimum Gasteiger partial charge on any atom is -0.489 e. The van der Waals surface area contributed by atoms with Crippen molar-refractivity contribution < 1.29 is 4.74 Å². The summed E-state index contributed by atoms with van der Waals surface area (Å²) in [6.45, 7) is 4.19. The van der Waals surface area contributed by atoms with Crippen molar-refractivity contribution in [3.63, 3.8) is 0 Å². The zero-order valence-electron chi connectivity index (χ0n) is 13.7. The van der Waals surface area contributed by atoms with Gasteiger partial charge in [-0.2, -0.15) is 0 Å². The average molecular weight is 311 g/mol. The minimum atomic E-state index is 0.517. The van der Waals surface area contributed by atoms with Crippen LogP contribution in [-0.2, 0) is 13.0 Å². The zero-order chi connectivity index (χ0) is 16.3. The van der Waals surface area contributed by atoms with Crippen molar-refractivity contribution in [1.82, 2.24) is 5.32 Å². The van der Waals surface area contributed by atoms with Crippen molar-refractivity contribution in [2.75, 3.05) is 13.1 Å². The molecule has 0 aliphatic rings. The SMILES string of the molecule is CCCN=C(N)NCCc1cccc(OCc2ccccc2)c1. The fourth-order valence-corrected chi connectivity index (χ4v) is 2.15. The monoisotopic (exact) mass is 311 g/mol. The molecule has 2 aromatic carbocycles. The predicted octanol–water partition coefficient (Wildman–Crippen LogP) is 3.12. The number of nitrogens with two attached hydrogens (primary N) is 1. The lowest BCUT2D eigenvalue weighted by Crippen LogP contribution is -2.33. The molecule has 4 nitrogen and oxygen atoms in total. The van der Waals surface area contributed by atoms with Gasteiger partial charge in [0.05, 0.1) is 0 Å². The quantitative estimate of drug-likeness (QED) is 0.581. The number of ether oxygens (including phenoxy) is 1. The first-order valence-electron chi connectivity index (χ1n) is 8.07. The topological polar surface area (TPSA) is 59.6 Å². The third-order valence-corrected chi connectivity index (χ3v) is 3.37. The van der Waals surface area contributed by atoms with E-state index in [1.54, 1.807) is 0 Å². The maximum Gasteiger partial charge on any atom is 0.188 e. The Balaban J connectivity index is 1.80. The highest BCUT2D eigenvalue weighted by Crippen LogP contribution is 2.15. The van der Waals surface area contributed by atoms with Gasteiger partial charge in [-0.1, -0.05) is 49.4 Å². The number of nitrogens with zero attached hydrogens (tertiary/aromatic N) is 1. The van der Waals surface area contributed by atoms with Crippen LogP contribution in [0, 0.1) is 0 Å². The van der Waals surface area contributed by atoms with Crippen molar-refractivity contribution in [2.45, 2.75) is 26.4 Å². The number of guanidine groups is 1. The summed E-state index contributed by atoms with van der Waals surface area (Å²) in [7, 11) is 0. The van der Waals surface area contributed by atoms with Crippen LogP contribution in [0.2, 0.25) is 0 Å². The molecule has 0 aliphatic heterocycles. The molecule has 0 atom stereocenters. The Morgan fingerprint density at radius 2 is 1.87 bits per heavy atom. The predicted molar refractivity (Wildman–Crippen MR) is 95.7 cm³/mol. The van der Waals surface area contributed by atoms with Crippen LogP contribution in [0.25, 0.3) is 0 Å². The molecule has 0 aromatic heterocycles. The standard InChI is InChI=1S/C19H25N3O/c1-2-12-21-19(20)22-13-11-16-9-6-10-18(14-16)23-15-17-7-4-3-5-8-17/h3-10,14H,2,11-13,15H2,1H3,(H3,20,21,22). The fraction of sp³-hybridized carbons (Fsp3) is 0.316. The number of hydrogen-bond donors (Lipinski definition) is 2. The molecule has 0 amide bonds. The highest BCUT2D eigenvalue weighted by atomic mass is 16.5. The summed E-state index contributed by atoms with van der Waals surface area (Å²) < 4.78 is 5.84. The largest absolute Gasteiger partial charge is 0.489 e. The molecule has 4 heteroatoms. The minimum absolute atomic E-state index is 0.517. The highest BCUT2D eigenvalue weighted by molar-refractivity contribution is 5.77. The molecule has 23 heavy (non-hydrogen) atoms. The van der Waals surface area contributed by atoms with Gasteiger partial charge in [0, 0.05) is 13.1 Å². The van der Waals surface area contributed by atoms with E-state index in [2.05, 4.69) is 41.5 Å². The second-order valence-corrected chi connectivity index (χ2v) is 5.37. The Bertz CT molecular complexity index is 611. The molecule has 0 spiro atoms. The van der Waals surface area contributed by atoms with Gasteiger partial charge in [0.2, 0.25) is 0 Å². The van der Waals surface area contributed by atoms with E-state index in [1.165, 1.54) is 11.1 Å². The second kappa shape index (κ2) is 9.51. The average Bonchev–Trinajstić information content (AvgIpc) is 2.59. The van der Waals surface area contributed by atoms with Gasteiger partial charge in [-0.25, -0.2) is 0 Å². The van der Waals surface area contributed by atoms with Gasteiger partial charge in [0.1, 0.15) is 12.4 Å². The molecule has 0 aliphatic carbocycles. The number of benzene rings is 2. The Labute approximate surface area is 138 Å². The van der Waals surface area contributed by atoms with Gasteiger partial charge in [0.25, 0.3) is 0 Å². The van der Waals surface area contributed by atoms with Crippen LogP contribution in [0.3, 0.4) is 0 Å². The molecule has 0 radical (unpaired) electrons. The van der Waals surface area contributed by atoms with Gasteiger partial charge in [0.15, 0.2) is 5.96 Å². The van der Waals surface area contributed by atoms with E-state index < -0.39 is 0 Å². The third-order valence-electron chi connectivity index (χ3n) is 3.37. The van der Waals surface area contributed by atoms with Gasteiger partial charge in [-0.3, -0.25) is 4.99 Å². The summed E-state index contributed by atoms with van der Waals surface area (Å²) in [5.41, 5.74) is 8.16. The molecule has 0 saturated heterocycles. The lowest BCUT2D eigenvalue weighted by Gasteiger charge is -2.09. The molecule has 2 rings (SSSR count). The first-order valence-corrected chi connectivity index (χ1v) is 8.07. The normalized spacial score (nSPS) is 11.3. The highest BCUT2D eigenvalue weighted by Gasteiger charge is 1.99. The van der Waals surface area contributed by atoms with E-state index in [0.717, 1.165) is 31.7 Å². The number of nitrogens with one attached hydrogen (secondary N) is 1. The van der Waals surface area contributed by atoms with Crippen LogP contribution < -0.4 is 15.8 Å². The third kappa shape index (κ3) is 6.43. The molecule has 0 fully saturated rings. The van der Waals surface area contributed by atoms with Crippen molar-refractivity contribution in [2.24, 2.45) is 10.7 Å². The Hall–Kier alpha value is -2.49. The number of rotatable bonds is 8. The van der Waals surface area contributed by atoms with Crippen LogP contribution in [0.15, 0.2) is 59.6 Å². The number of hydrogen-bond acceptors (Lipinski definition) is 2. The smallest absolute Gasteiger partial charge is 0.188 e. The Morgan fingerprint density at radius 1 is 1.09 bits per heavy atom. The van der Waals surface area contributed by atoms with Gasteiger partial charge in [-0.05, 0) is 36.1 Å².